The minimum absolute atomic E-state index is 0.0637. The highest BCUT2D eigenvalue weighted by molar-refractivity contribution is 6.21. The molecule has 0 spiro atoms. The van der Waals surface area contributed by atoms with Crippen LogP contribution in [-0.2, 0) is 0 Å². The lowest BCUT2D eigenvalue weighted by atomic mass is 9.65. The van der Waals surface area contributed by atoms with E-state index in [1.807, 2.05) is 0 Å². The summed E-state index contributed by atoms with van der Waals surface area (Å²) in [5.41, 5.74) is 1.35. The van der Waals surface area contributed by atoms with Crippen molar-refractivity contribution in [3.63, 3.8) is 0 Å². The first-order valence-electron chi connectivity index (χ1n) is 10.2. The van der Waals surface area contributed by atoms with Gasteiger partial charge in [-0.3, -0.25) is 19.5 Å². The molecule has 1 saturated heterocycles. The van der Waals surface area contributed by atoms with Crippen LogP contribution in [0.15, 0.2) is 29.3 Å². The second-order valence-corrected chi connectivity index (χ2v) is 8.78. The Hall–Kier alpha value is -2.37. The zero-order valence-corrected chi connectivity index (χ0v) is 17.7. The van der Waals surface area contributed by atoms with Gasteiger partial charge in [0, 0.05) is 37.1 Å². The summed E-state index contributed by atoms with van der Waals surface area (Å²) >= 11 is 0. The highest BCUT2D eigenvalue weighted by atomic mass is 16.2. The lowest BCUT2D eigenvalue weighted by Crippen LogP contribution is -2.72. The number of likely N-dealkylation sites (tertiary alicyclic amines) is 1. The standard InChI is InChI=1S/C22H32N4O2/c1-6-23-20(26-15-21(2,3)22(26,4)5)24-13-9-10-14-25-18(27)16-11-7-8-12-17(16)19(25)28/h7-8,11-12H,6,9-10,13-15H2,1-5H3,(H,23,24). The van der Waals surface area contributed by atoms with Gasteiger partial charge in [0.2, 0.25) is 0 Å². The third kappa shape index (κ3) is 3.40. The van der Waals surface area contributed by atoms with Crippen molar-refractivity contribution in [2.24, 2.45) is 10.4 Å². The number of carbonyl (C=O) groups is 2. The van der Waals surface area contributed by atoms with Gasteiger partial charge in [0.05, 0.1) is 11.1 Å². The fourth-order valence-electron chi connectivity index (χ4n) is 3.80. The van der Waals surface area contributed by atoms with E-state index in [0.29, 0.717) is 24.2 Å². The van der Waals surface area contributed by atoms with Crippen LogP contribution in [0.3, 0.4) is 0 Å². The molecule has 28 heavy (non-hydrogen) atoms. The summed E-state index contributed by atoms with van der Waals surface area (Å²) < 4.78 is 0. The Morgan fingerprint density at radius 2 is 1.68 bits per heavy atom. The van der Waals surface area contributed by atoms with Gasteiger partial charge in [-0.2, -0.15) is 0 Å². The largest absolute Gasteiger partial charge is 0.356 e. The number of fused-ring (bicyclic) bond motifs is 1. The molecule has 0 saturated carbocycles. The number of aliphatic imine (C=N–C) groups is 1. The van der Waals surface area contributed by atoms with Crippen LogP contribution in [0.4, 0.5) is 0 Å². The molecule has 1 aromatic rings. The van der Waals surface area contributed by atoms with Crippen molar-refractivity contribution in [3.05, 3.63) is 35.4 Å². The first-order chi connectivity index (χ1) is 13.2. The first kappa shape index (κ1) is 20.4. The molecule has 0 aliphatic carbocycles. The summed E-state index contributed by atoms with van der Waals surface area (Å²) in [5.74, 6) is 0.594. The number of nitrogens with zero attached hydrogens (tertiary/aromatic N) is 3. The minimum atomic E-state index is -0.179. The number of hydrogen-bond acceptors (Lipinski definition) is 3. The molecule has 0 unspecified atom stereocenters. The number of amides is 2. The van der Waals surface area contributed by atoms with E-state index in [4.69, 9.17) is 4.99 Å². The molecule has 1 N–H and O–H groups in total. The SMILES string of the molecule is CCNC(=NCCCCN1C(=O)c2ccccc2C1=O)N1CC(C)(C)C1(C)C. The normalized spacial score (nSPS) is 20.2. The maximum Gasteiger partial charge on any atom is 0.261 e. The third-order valence-corrected chi connectivity index (χ3v) is 6.40. The van der Waals surface area contributed by atoms with Gasteiger partial charge in [-0.1, -0.05) is 26.0 Å². The van der Waals surface area contributed by atoms with E-state index in [9.17, 15) is 9.59 Å². The van der Waals surface area contributed by atoms with Gasteiger partial charge in [0.1, 0.15) is 0 Å². The van der Waals surface area contributed by atoms with Crippen LogP contribution in [0.25, 0.3) is 0 Å². The quantitative estimate of drug-likeness (QED) is 0.354. The Bertz CT molecular complexity index is 762. The van der Waals surface area contributed by atoms with E-state index >= 15 is 0 Å². The number of guanidine groups is 1. The van der Waals surface area contributed by atoms with Crippen molar-refractivity contribution in [2.45, 2.75) is 53.0 Å². The molecule has 6 heteroatoms. The molecule has 0 radical (unpaired) electrons. The molecule has 2 aliphatic heterocycles. The fraction of sp³-hybridized carbons (Fsp3) is 0.591. The number of carbonyl (C=O) groups excluding carboxylic acids is 2. The molecular formula is C22H32N4O2. The van der Waals surface area contributed by atoms with E-state index in [-0.39, 0.29) is 22.8 Å². The number of unbranched alkanes of at least 4 members (excludes halogenated alkanes) is 1. The van der Waals surface area contributed by atoms with Gasteiger partial charge >= 0.3 is 0 Å². The van der Waals surface area contributed by atoms with Crippen LogP contribution in [-0.4, -0.2) is 59.3 Å². The zero-order valence-electron chi connectivity index (χ0n) is 17.7. The molecule has 2 heterocycles. The predicted molar refractivity (Wildman–Crippen MR) is 112 cm³/mol. The van der Waals surface area contributed by atoms with Gasteiger partial charge < -0.3 is 10.2 Å². The van der Waals surface area contributed by atoms with Crippen molar-refractivity contribution < 1.29 is 9.59 Å². The second kappa shape index (κ2) is 7.57. The van der Waals surface area contributed by atoms with Crippen LogP contribution in [0.5, 0.6) is 0 Å². The van der Waals surface area contributed by atoms with E-state index in [1.54, 1.807) is 24.3 Å². The zero-order chi connectivity index (χ0) is 20.5. The average Bonchev–Trinajstić information content (AvgIpc) is 2.90. The summed E-state index contributed by atoms with van der Waals surface area (Å²) in [6.07, 6.45) is 1.59. The molecular weight excluding hydrogens is 352 g/mol. The Labute approximate surface area is 168 Å². The molecule has 2 aliphatic rings. The van der Waals surface area contributed by atoms with E-state index < -0.39 is 0 Å². The minimum Gasteiger partial charge on any atom is -0.356 e. The molecule has 1 aromatic carbocycles. The number of rotatable bonds is 6. The van der Waals surface area contributed by atoms with Crippen LogP contribution in [0, 0.1) is 5.41 Å². The van der Waals surface area contributed by atoms with Crippen molar-refractivity contribution in [2.75, 3.05) is 26.2 Å². The van der Waals surface area contributed by atoms with E-state index in [1.165, 1.54) is 4.90 Å². The van der Waals surface area contributed by atoms with Crippen LogP contribution in [0.1, 0.15) is 68.2 Å². The lowest BCUT2D eigenvalue weighted by Gasteiger charge is -2.62. The maximum atomic E-state index is 12.4. The van der Waals surface area contributed by atoms with E-state index in [2.05, 4.69) is 44.8 Å². The Kier molecular flexibility index (Phi) is 5.50. The summed E-state index contributed by atoms with van der Waals surface area (Å²) in [6.45, 7) is 14.1. The van der Waals surface area contributed by atoms with Crippen LogP contribution >= 0.6 is 0 Å². The molecule has 6 nitrogen and oxygen atoms in total. The number of hydrogen-bond donors (Lipinski definition) is 1. The topological polar surface area (TPSA) is 65.0 Å². The number of benzene rings is 1. The van der Waals surface area contributed by atoms with Gasteiger partial charge in [-0.05, 0) is 45.7 Å². The smallest absolute Gasteiger partial charge is 0.261 e. The molecule has 152 valence electrons. The van der Waals surface area contributed by atoms with Gasteiger partial charge in [0.25, 0.3) is 11.8 Å². The highest BCUT2D eigenvalue weighted by Gasteiger charge is 2.53. The van der Waals surface area contributed by atoms with Crippen LogP contribution < -0.4 is 5.32 Å². The Morgan fingerprint density at radius 1 is 1.07 bits per heavy atom. The van der Waals surface area contributed by atoms with Crippen molar-refractivity contribution in [1.82, 2.24) is 15.1 Å². The summed E-state index contributed by atoms with van der Waals surface area (Å²) in [6, 6.07) is 7.03. The molecule has 0 bridgehead atoms. The Morgan fingerprint density at radius 3 is 2.18 bits per heavy atom. The highest BCUT2D eigenvalue weighted by Crippen LogP contribution is 2.46. The van der Waals surface area contributed by atoms with Crippen LogP contribution in [0.2, 0.25) is 0 Å². The second-order valence-electron chi connectivity index (χ2n) is 8.78. The summed E-state index contributed by atoms with van der Waals surface area (Å²) in [7, 11) is 0. The van der Waals surface area contributed by atoms with Crippen molar-refractivity contribution in [3.8, 4) is 0 Å². The molecule has 1 fully saturated rings. The lowest BCUT2D eigenvalue weighted by molar-refractivity contribution is -0.0667. The maximum absolute atomic E-state index is 12.4. The van der Waals surface area contributed by atoms with Crippen molar-refractivity contribution in [1.29, 1.82) is 0 Å². The monoisotopic (exact) mass is 384 g/mol. The number of imide groups is 1. The van der Waals surface area contributed by atoms with E-state index in [0.717, 1.165) is 31.9 Å². The van der Waals surface area contributed by atoms with Gasteiger partial charge in [0.15, 0.2) is 5.96 Å². The number of nitrogens with one attached hydrogen (secondary N) is 1. The average molecular weight is 385 g/mol. The molecule has 2 amide bonds. The first-order valence-corrected chi connectivity index (χ1v) is 10.2. The summed E-state index contributed by atoms with van der Waals surface area (Å²) in [4.78, 5) is 33.3. The third-order valence-electron chi connectivity index (χ3n) is 6.40. The predicted octanol–water partition coefficient (Wildman–Crippen LogP) is 3.15. The van der Waals surface area contributed by atoms with Gasteiger partial charge in [-0.15, -0.1) is 0 Å². The summed E-state index contributed by atoms with van der Waals surface area (Å²) in [5, 5.41) is 3.39. The molecule has 3 rings (SSSR count). The molecule has 0 aromatic heterocycles. The van der Waals surface area contributed by atoms with Gasteiger partial charge in [-0.25, -0.2) is 0 Å². The fourth-order valence-corrected chi connectivity index (χ4v) is 3.80. The van der Waals surface area contributed by atoms with Crippen molar-refractivity contribution >= 4 is 17.8 Å². The molecule has 0 atom stereocenters. The Balaban J connectivity index is 1.52.